The molecule has 2 aromatic rings. The molecule has 0 aliphatic carbocycles. The first-order chi connectivity index (χ1) is 9.58. The molecule has 0 saturated carbocycles. The fourth-order valence-corrected chi connectivity index (χ4v) is 3.74. The summed E-state index contributed by atoms with van der Waals surface area (Å²) in [5.74, 6) is 0. The zero-order valence-electron chi connectivity index (χ0n) is 11.3. The van der Waals surface area contributed by atoms with Gasteiger partial charge >= 0.3 is 0 Å². The lowest BCUT2D eigenvalue weighted by Gasteiger charge is -2.20. The van der Waals surface area contributed by atoms with E-state index in [1.807, 2.05) is 13.2 Å². The second kappa shape index (κ2) is 7.38. The van der Waals surface area contributed by atoms with Gasteiger partial charge in [0.25, 0.3) is 0 Å². The van der Waals surface area contributed by atoms with Crippen molar-refractivity contribution in [1.82, 2.24) is 15.1 Å². The van der Waals surface area contributed by atoms with E-state index in [1.54, 1.807) is 0 Å². The van der Waals surface area contributed by atoms with Crippen LogP contribution in [0.1, 0.15) is 30.6 Å². The standard InChI is InChI=1S/C14H16Br2IN3/c1-3-6-20-14(12(16)8-19-20)13(18-2)10-7-9(17)4-5-11(10)15/h4-5,7-8,13,18H,3,6H2,1-2H3. The van der Waals surface area contributed by atoms with Crippen LogP contribution >= 0.6 is 54.5 Å². The second-order valence-electron chi connectivity index (χ2n) is 4.49. The molecule has 1 heterocycles. The van der Waals surface area contributed by atoms with E-state index < -0.39 is 0 Å². The van der Waals surface area contributed by atoms with Crippen molar-refractivity contribution in [3.8, 4) is 0 Å². The van der Waals surface area contributed by atoms with Crippen molar-refractivity contribution in [2.45, 2.75) is 25.9 Å². The summed E-state index contributed by atoms with van der Waals surface area (Å²) in [6.45, 7) is 3.08. The van der Waals surface area contributed by atoms with Crippen LogP contribution in [0.2, 0.25) is 0 Å². The van der Waals surface area contributed by atoms with Crippen LogP contribution in [-0.4, -0.2) is 16.8 Å². The second-order valence-corrected chi connectivity index (χ2v) is 7.44. The quantitative estimate of drug-likeness (QED) is 0.587. The van der Waals surface area contributed by atoms with Gasteiger partial charge in [0.05, 0.1) is 22.4 Å². The molecule has 0 aliphatic rings. The summed E-state index contributed by atoms with van der Waals surface area (Å²) in [5, 5.41) is 7.87. The normalized spacial score (nSPS) is 12.7. The molecule has 0 bridgehead atoms. The van der Waals surface area contributed by atoms with Crippen LogP contribution in [-0.2, 0) is 6.54 Å². The van der Waals surface area contributed by atoms with Crippen LogP contribution in [0.4, 0.5) is 0 Å². The van der Waals surface area contributed by atoms with Gasteiger partial charge in [-0.2, -0.15) is 5.10 Å². The van der Waals surface area contributed by atoms with E-state index in [9.17, 15) is 0 Å². The Labute approximate surface area is 149 Å². The molecular weight excluding hydrogens is 497 g/mol. The third-order valence-electron chi connectivity index (χ3n) is 3.10. The van der Waals surface area contributed by atoms with Crippen molar-refractivity contribution < 1.29 is 0 Å². The Morgan fingerprint density at radius 3 is 2.75 bits per heavy atom. The minimum Gasteiger partial charge on any atom is -0.308 e. The molecule has 0 fully saturated rings. The summed E-state index contributed by atoms with van der Waals surface area (Å²) in [4.78, 5) is 0. The Morgan fingerprint density at radius 1 is 1.35 bits per heavy atom. The molecule has 3 nitrogen and oxygen atoms in total. The van der Waals surface area contributed by atoms with E-state index >= 15 is 0 Å². The van der Waals surface area contributed by atoms with E-state index in [2.05, 4.69) is 94.7 Å². The number of aromatic nitrogens is 2. The summed E-state index contributed by atoms with van der Waals surface area (Å²) in [6.07, 6.45) is 2.93. The molecule has 1 aromatic heterocycles. The SMILES string of the molecule is CCCn1ncc(Br)c1C(NC)c1cc(I)ccc1Br. The van der Waals surface area contributed by atoms with Gasteiger partial charge in [0.1, 0.15) is 0 Å². The van der Waals surface area contributed by atoms with Crippen LogP contribution in [0.5, 0.6) is 0 Å². The maximum absolute atomic E-state index is 4.46. The highest BCUT2D eigenvalue weighted by Crippen LogP contribution is 2.33. The van der Waals surface area contributed by atoms with E-state index in [4.69, 9.17) is 0 Å². The third kappa shape index (κ3) is 3.45. The zero-order chi connectivity index (χ0) is 14.7. The fraction of sp³-hybridized carbons (Fsp3) is 0.357. The van der Waals surface area contributed by atoms with Crippen molar-refractivity contribution in [2.75, 3.05) is 7.05 Å². The van der Waals surface area contributed by atoms with Crippen molar-refractivity contribution in [3.63, 3.8) is 0 Å². The number of hydrogen-bond acceptors (Lipinski definition) is 2. The number of halogens is 3. The van der Waals surface area contributed by atoms with E-state index in [1.165, 1.54) is 9.13 Å². The van der Waals surface area contributed by atoms with E-state index in [-0.39, 0.29) is 6.04 Å². The fourth-order valence-electron chi connectivity index (χ4n) is 2.22. The number of benzene rings is 1. The predicted molar refractivity (Wildman–Crippen MR) is 98.0 cm³/mol. The molecule has 108 valence electrons. The van der Waals surface area contributed by atoms with Crippen molar-refractivity contribution in [3.05, 3.63) is 48.2 Å². The Balaban J connectivity index is 2.52. The lowest BCUT2D eigenvalue weighted by molar-refractivity contribution is 0.532. The zero-order valence-corrected chi connectivity index (χ0v) is 16.7. The van der Waals surface area contributed by atoms with E-state index in [0.29, 0.717) is 0 Å². The van der Waals surface area contributed by atoms with Crippen LogP contribution in [0.25, 0.3) is 0 Å². The topological polar surface area (TPSA) is 29.9 Å². The van der Waals surface area contributed by atoms with Crippen LogP contribution in [0, 0.1) is 3.57 Å². The highest BCUT2D eigenvalue weighted by Gasteiger charge is 2.22. The van der Waals surface area contributed by atoms with Gasteiger partial charge in [0, 0.05) is 14.6 Å². The first-order valence-electron chi connectivity index (χ1n) is 6.41. The smallest absolute Gasteiger partial charge is 0.0768 e. The minimum absolute atomic E-state index is 0.0996. The third-order valence-corrected chi connectivity index (χ3v) is 5.10. The Bertz CT molecular complexity index is 598. The molecule has 2 rings (SSSR count). The van der Waals surface area contributed by atoms with Gasteiger partial charge in [-0.1, -0.05) is 22.9 Å². The van der Waals surface area contributed by atoms with Gasteiger partial charge in [0.15, 0.2) is 0 Å². The highest BCUT2D eigenvalue weighted by molar-refractivity contribution is 14.1. The molecule has 1 aromatic carbocycles. The number of nitrogens with one attached hydrogen (secondary N) is 1. The van der Waals surface area contributed by atoms with Crippen molar-refractivity contribution >= 4 is 54.5 Å². The molecule has 1 N–H and O–H groups in total. The van der Waals surface area contributed by atoms with Gasteiger partial charge in [-0.3, -0.25) is 4.68 Å². The summed E-state index contributed by atoms with van der Waals surface area (Å²) < 4.78 is 5.43. The lowest BCUT2D eigenvalue weighted by Crippen LogP contribution is -2.22. The molecule has 0 radical (unpaired) electrons. The Hall–Kier alpha value is 0.0800. The number of rotatable bonds is 5. The maximum Gasteiger partial charge on any atom is 0.0768 e. The van der Waals surface area contributed by atoms with Crippen molar-refractivity contribution in [1.29, 1.82) is 0 Å². The minimum atomic E-state index is 0.0996. The summed E-state index contributed by atoms with van der Waals surface area (Å²) in [5.41, 5.74) is 2.38. The van der Waals surface area contributed by atoms with Crippen molar-refractivity contribution in [2.24, 2.45) is 0 Å². The number of aryl methyl sites for hydroxylation is 1. The van der Waals surface area contributed by atoms with Gasteiger partial charge in [0.2, 0.25) is 0 Å². The average molecular weight is 513 g/mol. The van der Waals surface area contributed by atoms with Crippen LogP contribution < -0.4 is 5.32 Å². The Morgan fingerprint density at radius 2 is 2.10 bits per heavy atom. The monoisotopic (exact) mass is 511 g/mol. The molecule has 1 unspecified atom stereocenters. The molecule has 0 spiro atoms. The molecule has 1 atom stereocenters. The molecule has 0 aliphatic heterocycles. The average Bonchev–Trinajstić information content (AvgIpc) is 2.77. The van der Waals surface area contributed by atoms with Gasteiger partial charge < -0.3 is 5.32 Å². The number of nitrogens with zero attached hydrogens (tertiary/aromatic N) is 2. The largest absolute Gasteiger partial charge is 0.308 e. The van der Waals surface area contributed by atoms with Crippen LogP contribution in [0.15, 0.2) is 33.3 Å². The first-order valence-corrected chi connectivity index (χ1v) is 9.08. The highest BCUT2D eigenvalue weighted by atomic mass is 127. The van der Waals surface area contributed by atoms with E-state index in [0.717, 1.165) is 27.6 Å². The first kappa shape index (κ1) is 16.5. The molecule has 0 amide bonds. The maximum atomic E-state index is 4.46. The van der Waals surface area contributed by atoms with Crippen LogP contribution in [0.3, 0.4) is 0 Å². The summed E-state index contributed by atoms with van der Waals surface area (Å²) >= 11 is 9.63. The molecular formula is C14H16Br2IN3. The van der Waals surface area contributed by atoms with Gasteiger partial charge in [-0.15, -0.1) is 0 Å². The number of hydrogen-bond donors (Lipinski definition) is 1. The lowest BCUT2D eigenvalue weighted by atomic mass is 10.0. The predicted octanol–water partition coefficient (Wildman–Crippen LogP) is 4.73. The van der Waals surface area contributed by atoms with Gasteiger partial charge in [-0.25, -0.2) is 0 Å². The molecule has 20 heavy (non-hydrogen) atoms. The molecule has 6 heteroatoms. The Kier molecular flexibility index (Phi) is 6.07. The summed E-state index contributed by atoms with van der Waals surface area (Å²) in [6, 6.07) is 6.49. The summed E-state index contributed by atoms with van der Waals surface area (Å²) in [7, 11) is 1.98. The molecule has 0 saturated heterocycles. The van der Waals surface area contributed by atoms with Gasteiger partial charge in [-0.05, 0) is 75.8 Å².